The van der Waals surface area contributed by atoms with Gasteiger partial charge in [0, 0.05) is 88.2 Å². The van der Waals surface area contributed by atoms with Gasteiger partial charge < -0.3 is 71.5 Å². The average molecular weight is 2080 g/mol. The van der Waals surface area contributed by atoms with E-state index in [1.165, 1.54) is 64.2 Å². The van der Waals surface area contributed by atoms with Crippen molar-refractivity contribution in [2.45, 2.75) is 537 Å². The second kappa shape index (κ2) is 118. The van der Waals surface area contributed by atoms with Gasteiger partial charge in [-0.1, -0.05) is 279 Å². The average Bonchev–Trinajstić information content (AvgIpc) is 0.974. The molecule has 142 heavy (non-hydrogen) atoms. The number of carbonyl (C=O) groups is 4. The first-order valence-corrected chi connectivity index (χ1v) is 57.3. The number of alkyl carbamates (subject to hydrolysis) is 2. The minimum atomic E-state index is -0.314. The minimum Gasteiger partial charge on any atom is -0.471 e. The summed E-state index contributed by atoms with van der Waals surface area (Å²) in [7, 11) is 0. The predicted molar refractivity (Wildman–Crippen MR) is 640 cm³/mol. The quantitative estimate of drug-likeness (QED) is 0.00687. The molecule has 0 radical (unpaired) electrons. The van der Waals surface area contributed by atoms with Crippen molar-refractivity contribution in [1.82, 2.24) is 47.9 Å². The summed E-state index contributed by atoms with van der Waals surface area (Å²) < 4.78 is 27.4. The molecule has 0 atom stereocenters. The lowest BCUT2D eigenvalue weighted by Crippen LogP contribution is -2.40. The Balaban J connectivity index is -0.000000116. The van der Waals surface area contributed by atoms with Crippen molar-refractivity contribution in [2.75, 3.05) is 52.5 Å². The van der Waals surface area contributed by atoms with Gasteiger partial charge in [0.15, 0.2) is 17.7 Å². The Kier molecular flexibility index (Phi) is 136. The zero-order valence-electron chi connectivity index (χ0n) is 104. The van der Waals surface area contributed by atoms with E-state index >= 15 is 0 Å². The zero-order valence-corrected chi connectivity index (χ0v) is 106. The fraction of sp³-hybridized carbons (Fsp3) is 0.882. The molecule has 0 heterocycles. The maximum Gasteiger partial charge on any atom is 0.424 e. The maximum atomic E-state index is 11.0. The van der Waals surface area contributed by atoms with Crippen LogP contribution >= 0.6 is 36.7 Å². The van der Waals surface area contributed by atoms with E-state index < -0.39 is 0 Å². The topological polar surface area (TPSA) is 243 Å². The fourth-order valence-electron chi connectivity index (χ4n) is 9.67. The molecule has 0 fully saturated rings. The van der Waals surface area contributed by atoms with Crippen molar-refractivity contribution in [3.8, 4) is 11.8 Å². The molecule has 20 nitrogen and oxygen atoms in total. The Morgan fingerprint density at radius 2 is 0.662 bits per heavy atom. The van der Waals surface area contributed by atoms with Crippen LogP contribution in [-0.2, 0) is 33.3 Å². The number of nitrogens with zero attached hydrogens (tertiary/aromatic N) is 1. The SMILES string of the molecule is CC(C)/C=C/CCC(C)C.CC(C)/C=C\CCC(C)C.CC(C)C#CCCC(C)C.CC(C)CCC(=O)NC(C)C.CC(C)CCCC(C)C.CC(C)CCNC(=O)NC(C)C.CC(C)CCNC(=O)OC(C)C.CC(C)CCNC(=S)NC(C)C.CC(C)CCNC(=S)OC(C)C.CC(C)CCOC(=O)NC(C)C.CC(C)CCOC(=S)NC(C)C.CC(C)CCOC(C)C.CC(C)CC[N+](=C=O)C(C)C. The van der Waals surface area contributed by atoms with Crippen molar-refractivity contribution in [3.63, 3.8) is 0 Å². The van der Waals surface area contributed by atoms with E-state index in [2.05, 4.69) is 347 Å². The van der Waals surface area contributed by atoms with Gasteiger partial charge in [-0.05, 0) is 339 Å². The molecule has 0 spiro atoms. The standard InChI is InChI=1S/2C10H20.C10H18.C9H20N2O.C9H20N2S.2C9H19NO2.2C9H19NOS.C9H18NO.C9H19NO.C9H20.C8H18O/c3*1-9(2)7-5-6-8-10(3)4;2*1-7(2)5-6-10-9(12)11-8(3)4;1-7(2)5-6-12-9(11)10-8(3)4;1-7(2)5-6-10-9(11)12-8(3)4;1-7(2)5-6-11-9(12)10-8(3)4;1-7(2)5-6-10-9(12)11-8(3)4;1-8(2)5-6-10(7-11)9(3)4;1-7(2)5-6-9(11)10-8(3)4;1-8(2)6-5-7-9(3)4;1-7(2)5-6-9-8(3)4/h2*5,7,9-10H,6,8H2,1-4H3;9-10H,5,7H2,1-4H3;2*7-8H,5-6H2,1-4H3,(H2,10,11,12);2*7-8H,5-6H2,1-4H3,(H,10,11);2*7-8H,5-6H2,1-4H3,(H,10,12);8-9H,5-6H2,1-4H3;7-8H,5-6H2,1-4H3,(H,10,11);8-9H,5-7H2,1-4H3;7-8H,5-6H2,1-4H3/q;;;;;;;;;+1;;;/b7-5+;7-5-;;;;;;;;;;;. The van der Waals surface area contributed by atoms with Crippen molar-refractivity contribution in [2.24, 2.45) is 101 Å². The summed E-state index contributed by atoms with van der Waals surface area (Å²) in [4.78, 5) is 54.2. The van der Waals surface area contributed by atoms with Gasteiger partial charge in [0.2, 0.25) is 5.91 Å². The van der Waals surface area contributed by atoms with Crippen molar-refractivity contribution < 1.29 is 52.2 Å². The molecule has 0 aliphatic rings. The number of hydrogen-bond donors (Lipinski definition) is 9. The normalized spacial score (nSPS) is 10.8. The number of thiocarbonyl (C=S) groups is 3. The number of rotatable bonds is 50. The highest BCUT2D eigenvalue weighted by Crippen LogP contribution is 2.13. The van der Waals surface area contributed by atoms with Crippen molar-refractivity contribution in [3.05, 3.63) is 24.3 Å². The molecule has 0 aromatic heterocycles. The van der Waals surface area contributed by atoms with Crippen LogP contribution in [0, 0.1) is 112 Å². The van der Waals surface area contributed by atoms with E-state index in [0.29, 0.717) is 107 Å². The number of carbonyl (C=O) groups excluding carboxylic acids is 5. The van der Waals surface area contributed by atoms with Crippen LogP contribution < -0.4 is 47.9 Å². The van der Waals surface area contributed by atoms with Crippen LogP contribution in [0.4, 0.5) is 14.4 Å². The van der Waals surface area contributed by atoms with Crippen LogP contribution in [0.1, 0.15) is 482 Å². The van der Waals surface area contributed by atoms with E-state index in [9.17, 15) is 24.0 Å². The van der Waals surface area contributed by atoms with Gasteiger partial charge in [0.05, 0.1) is 31.5 Å². The first kappa shape index (κ1) is 165. The number of isocyanates is 1. The molecule has 0 unspecified atom stereocenters. The summed E-state index contributed by atoms with van der Waals surface area (Å²) in [6.07, 6.45) is 32.8. The molecule has 0 aliphatic carbocycles. The van der Waals surface area contributed by atoms with Crippen LogP contribution in [0.2, 0.25) is 0 Å². The first-order valence-electron chi connectivity index (χ1n) is 56.1. The number of ether oxygens (including phenoxy) is 5. The Morgan fingerprint density at radius 1 is 0.317 bits per heavy atom. The summed E-state index contributed by atoms with van der Waals surface area (Å²) in [6.45, 7) is 117. The van der Waals surface area contributed by atoms with Crippen molar-refractivity contribution >= 4 is 82.3 Å². The molecule has 0 aliphatic heterocycles. The van der Waals surface area contributed by atoms with Gasteiger partial charge in [-0.3, -0.25) is 4.79 Å². The third kappa shape index (κ3) is 208. The Labute approximate surface area is 902 Å². The van der Waals surface area contributed by atoms with Gasteiger partial charge in [0.1, 0.15) is 0 Å². The number of nitrogens with one attached hydrogen (secondary N) is 9. The van der Waals surface area contributed by atoms with Crippen LogP contribution in [0.15, 0.2) is 24.3 Å². The molecule has 0 bridgehead atoms. The molecule has 0 aromatic rings. The van der Waals surface area contributed by atoms with E-state index in [0.717, 1.165) is 137 Å². The van der Waals surface area contributed by atoms with E-state index in [4.69, 9.17) is 60.3 Å². The van der Waals surface area contributed by atoms with Crippen LogP contribution in [0.25, 0.3) is 0 Å². The number of hydrogen-bond acceptors (Lipinski definition) is 13. The third-order valence-corrected chi connectivity index (χ3v) is 18.8. The summed E-state index contributed by atoms with van der Waals surface area (Å²) in [5.41, 5.74) is 0. The van der Waals surface area contributed by atoms with Gasteiger partial charge >= 0.3 is 24.3 Å². The van der Waals surface area contributed by atoms with Gasteiger partial charge in [-0.15, -0.1) is 11.8 Å². The highest BCUT2D eigenvalue weighted by Gasteiger charge is 2.13. The number of urea groups is 1. The van der Waals surface area contributed by atoms with E-state index in [1.54, 1.807) is 4.58 Å². The van der Waals surface area contributed by atoms with Crippen molar-refractivity contribution in [1.29, 1.82) is 0 Å². The maximum absolute atomic E-state index is 11.0. The van der Waals surface area contributed by atoms with Gasteiger partial charge in [-0.25, -0.2) is 14.4 Å². The first-order chi connectivity index (χ1) is 65.3. The molecular weight excluding hydrogens is 1830 g/mol. The molecule has 0 saturated heterocycles. The molecule has 23 heteroatoms. The molecule has 9 N–H and O–H groups in total. The smallest absolute Gasteiger partial charge is 0.424 e. The highest BCUT2D eigenvalue weighted by molar-refractivity contribution is 7.80. The number of amides is 5. The Hall–Kier alpha value is -5.27. The van der Waals surface area contributed by atoms with E-state index in [-0.39, 0.29) is 60.5 Å². The van der Waals surface area contributed by atoms with Crippen LogP contribution in [-0.4, -0.2) is 157 Å². The Morgan fingerprint density at radius 3 is 0.986 bits per heavy atom. The monoisotopic (exact) mass is 2070 g/mol. The lowest BCUT2D eigenvalue weighted by Gasteiger charge is -2.13. The second-order valence-corrected chi connectivity index (χ2v) is 47.7. The lowest BCUT2D eigenvalue weighted by molar-refractivity contribution is -0.556. The van der Waals surface area contributed by atoms with E-state index in [1.807, 2.05) is 103 Å². The number of allylic oxidation sites excluding steroid dienone is 4. The fourth-order valence-corrected chi connectivity index (χ4v) is 10.6. The van der Waals surface area contributed by atoms with Gasteiger partial charge in [0.25, 0.3) is 10.3 Å². The zero-order chi connectivity index (χ0) is 114. The third-order valence-electron chi connectivity index (χ3n) is 18.1. The molecule has 852 valence electrons. The summed E-state index contributed by atoms with van der Waals surface area (Å²) in [5, 5.41) is 28.0. The largest absolute Gasteiger partial charge is 0.471 e. The van der Waals surface area contributed by atoms with Gasteiger partial charge in [-0.2, -0.15) is 9.37 Å². The Bertz CT molecular complexity index is 2600. The second-order valence-electron chi connectivity index (χ2n) is 46.6. The van der Waals surface area contributed by atoms with Crippen LogP contribution in [0.3, 0.4) is 0 Å². The minimum absolute atomic E-state index is 0.0379. The summed E-state index contributed by atoms with van der Waals surface area (Å²) in [5.74, 6) is 18.7. The highest BCUT2D eigenvalue weighted by atomic mass is 32.1. The molecule has 0 aromatic carbocycles. The molecule has 0 saturated carbocycles. The summed E-state index contributed by atoms with van der Waals surface area (Å²) in [6, 6.07) is 1.63. The predicted octanol–water partition coefficient (Wildman–Crippen LogP) is 32.7. The summed E-state index contributed by atoms with van der Waals surface area (Å²) >= 11 is 15.0. The molecule has 5 amide bonds. The van der Waals surface area contributed by atoms with Crippen LogP contribution in [0.5, 0.6) is 0 Å². The molecular formula is C119H249N10O10S3+. The lowest BCUT2D eigenvalue weighted by atomic mass is 10.0. The molecule has 0 rings (SSSR count).